The van der Waals surface area contributed by atoms with Crippen molar-refractivity contribution in [1.82, 2.24) is 16.2 Å². The van der Waals surface area contributed by atoms with Gasteiger partial charge in [-0.2, -0.15) is 0 Å². The molecular formula is C22H22FN3O3. The fraction of sp³-hybridized carbons (Fsp3) is 0.182. The monoisotopic (exact) mass is 395 g/mol. The van der Waals surface area contributed by atoms with E-state index >= 15 is 0 Å². The fourth-order valence-electron chi connectivity index (χ4n) is 2.89. The van der Waals surface area contributed by atoms with Gasteiger partial charge in [-0.05, 0) is 47.4 Å². The second-order valence-corrected chi connectivity index (χ2v) is 6.44. The van der Waals surface area contributed by atoms with Crippen molar-refractivity contribution in [2.24, 2.45) is 0 Å². The highest BCUT2D eigenvalue weighted by Gasteiger charge is 2.16. The van der Waals surface area contributed by atoms with E-state index < -0.39 is 11.8 Å². The summed E-state index contributed by atoms with van der Waals surface area (Å²) in [6.07, 6.45) is 2.28. The Labute approximate surface area is 168 Å². The number of rotatable bonds is 7. The number of carbonyl (C=O) groups excluding carboxylic acids is 2. The Morgan fingerprint density at radius 3 is 2.45 bits per heavy atom. The Kier molecular flexibility index (Phi) is 6.76. The van der Waals surface area contributed by atoms with Crippen molar-refractivity contribution in [2.75, 3.05) is 6.54 Å². The lowest BCUT2D eigenvalue weighted by Gasteiger charge is -2.20. The van der Waals surface area contributed by atoms with Crippen molar-refractivity contribution in [3.8, 4) is 0 Å². The third kappa shape index (κ3) is 5.52. The first-order valence-corrected chi connectivity index (χ1v) is 9.27. The van der Waals surface area contributed by atoms with Gasteiger partial charge in [-0.3, -0.25) is 25.8 Å². The summed E-state index contributed by atoms with van der Waals surface area (Å²) in [6, 6.07) is 16.8. The molecule has 3 rings (SSSR count). The van der Waals surface area contributed by atoms with E-state index in [0.29, 0.717) is 5.56 Å². The number of hydrogen-bond acceptors (Lipinski definition) is 4. The molecule has 0 aliphatic rings. The normalized spacial score (nSPS) is 11.7. The maximum Gasteiger partial charge on any atom is 0.305 e. The second kappa shape index (κ2) is 9.66. The zero-order chi connectivity index (χ0) is 20.6. The molecule has 1 aromatic heterocycles. The highest BCUT2D eigenvalue weighted by molar-refractivity contribution is 5.93. The lowest BCUT2D eigenvalue weighted by Crippen LogP contribution is -2.46. The quantitative estimate of drug-likeness (QED) is 0.537. The van der Waals surface area contributed by atoms with Gasteiger partial charge in [0.1, 0.15) is 5.82 Å². The van der Waals surface area contributed by atoms with E-state index in [1.54, 1.807) is 18.2 Å². The van der Waals surface area contributed by atoms with Crippen LogP contribution in [0.2, 0.25) is 0 Å². The highest BCUT2D eigenvalue weighted by atomic mass is 19.1. The van der Waals surface area contributed by atoms with Gasteiger partial charge < -0.3 is 4.42 Å². The van der Waals surface area contributed by atoms with Crippen LogP contribution in [-0.2, 0) is 11.2 Å². The molecule has 0 radical (unpaired) electrons. The summed E-state index contributed by atoms with van der Waals surface area (Å²) >= 11 is 0. The van der Waals surface area contributed by atoms with Gasteiger partial charge in [0.2, 0.25) is 0 Å². The number of carbonyl (C=O) groups is 2. The Balaban J connectivity index is 1.66. The first-order chi connectivity index (χ1) is 14.1. The Bertz CT molecular complexity index is 956. The molecule has 0 unspecified atom stereocenters. The number of hydrogen-bond donors (Lipinski definition) is 3. The topological polar surface area (TPSA) is 83.4 Å². The number of hydrazine groups is 1. The van der Waals surface area contributed by atoms with E-state index in [1.807, 2.05) is 24.3 Å². The highest BCUT2D eigenvalue weighted by Crippen LogP contribution is 2.23. The van der Waals surface area contributed by atoms with Gasteiger partial charge in [0.05, 0.1) is 18.8 Å². The first kappa shape index (κ1) is 20.3. The Morgan fingerprint density at radius 1 is 1.00 bits per heavy atom. The molecular weight excluding hydrogens is 373 g/mol. The van der Waals surface area contributed by atoms with Gasteiger partial charge in [-0.15, -0.1) is 0 Å². The summed E-state index contributed by atoms with van der Waals surface area (Å²) in [5.41, 5.74) is 7.39. The molecule has 1 atom stereocenters. The molecule has 3 aromatic rings. The van der Waals surface area contributed by atoms with E-state index in [1.165, 1.54) is 30.0 Å². The van der Waals surface area contributed by atoms with E-state index in [0.717, 1.165) is 12.0 Å². The second-order valence-electron chi connectivity index (χ2n) is 6.44. The van der Waals surface area contributed by atoms with Crippen molar-refractivity contribution in [1.29, 1.82) is 0 Å². The van der Waals surface area contributed by atoms with Crippen LogP contribution in [-0.4, -0.2) is 18.4 Å². The molecule has 0 aliphatic heterocycles. The number of furan rings is 1. The van der Waals surface area contributed by atoms with Crippen LogP contribution >= 0.6 is 0 Å². The van der Waals surface area contributed by atoms with Gasteiger partial charge in [-0.25, -0.2) is 4.39 Å². The maximum atomic E-state index is 13.7. The Morgan fingerprint density at radius 2 is 1.79 bits per heavy atom. The zero-order valence-electron chi connectivity index (χ0n) is 15.9. The predicted molar refractivity (Wildman–Crippen MR) is 106 cm³/mol. The van der Waals surface area contributed by atoms with E-state index in [-0.39, 0.29) is 24.2 Å². The number of amides is 2. The zero-order valence-corrected chi connectivity index (χ0v) is 15.9. The van der Waals surface area contributed by atoms with E-state index in [4.69, 9.17) is 4.42 Å². The molecule has 6 nitrogen and oxygen atoms in total. The number of halogens is 1. The number of benzene rings is 2. The summed E-state index contributed by atoms with van der Waals surface area (Å²) in [5.74, 6) is -1.27. The molecule has 0 fully saturated rings. The first-order valence-electron chi connectivity index (χ1n) is 9.27. The molecule has 0 aliphatic carbocycles. The van der Waals surface area contributed by atoms with Gasteiger partial charge in [0, 0.05) is 0 Å². The number of aryl methyl sites for hydroxylation is 1. The summed E-state index contributed by atoms with van der Waals surface area (Å²) in [6.45, 7) is 1.98. The molecule has 0 bridgehead atoms. The SMILES string of the molecule is CCc1ccc([C@@H](NCC(=O)NNC(=O)c2ccco2)c2cccc(F)c2)cc1. The van der Waals surface area contributed by atoms with E-state index in [9.17, 15) is 14.0 Å². The lowest BCUT2D eigenvalue weighted by atomic mass is 9.97. The summed E-state index contributed by atoms with van der Waals surface area (Å²) in [7, 11) is 0. The molecule has 0 saturated heterocycles. The average molecular weight is 395 g/mol. The molecule has 0 spiro atoms. The van der Waals surface area contributed by atoms with Crippen LogP contribution in [0, 0.1) is 5.82 Å². The predicted octanol–water partition coefficient (Wildman–Crippen LogP) is 3.12. The molecule has 3 N–H and O–H groups in total. The van der Waals surface area contributed by atoms with Crippen molar-refractivity contribution in [3.63, 3.8) is 0 Å². The third-order valence-corrected chi connectivity index (χ3v) is 4.43. The van der Waals surface area contributed by atoms with Crippen molar-refractivity contribution in [2.45, 2.75) is 19.4 Å². The standard InChI is InChI=1S/C22H22FN3O3/c1-2-15-8-10-16(11-9-15)21(17-5-3-6-18(23)13-17)24-14-20(27)25-26-22(28)19-7-4-12-29-19/h3-13,21,24H,2,14H2,1H3,(H,25,27)(H,26,28)/t21-/m1/s1. The van der Waals surface area contributed by atoms with Crippen LogP contribution in [0.15, 0.2) is 71.3 Å². The van der Waals surface area contributed by atoms with Crippen LogP contribution < -0.4 is 16.2 Å². The Hall–Kier alpha value is -3.45. The smallest absolute Gasteiger partial charge is 0.305 e. The van der Waals surface area contributed by atoms with Crippen LogP contribution in [0.3, 0.4) is 0 Å². The molecule has 1 heterocycles. The third-order valence-electron chi connectivity index (χ3n) is 4.43. The molecule has 150 valence electrons. The molecule has 29 heavy (non-hydrogen) atoms. The van der Waals surface area contributed by atoms with Crippen molar-refractivity contribution < 1.29 is 18.4 Å². The van der Waals surface area contributed by atoms with Gasteiger partial charge in [-0.1, -0.05) is 43.3 Å². The summed E-state index contributed by atoms with van der Waals surface area (Å²) in [5, 5.41) is 3.12. The van der Waals surface area contributed by atoms with Crippen LogP contribution in [0.25, 0.3) is 0 Å². The fourth-order valence-corrected chi connectivity index (χ4v) is 2.89. The minimum atomic E-state index is -0.555. The number of nitrogens with one attached hydrogen (secondary N) is 3. The van der Waals surface area contributed by atoms with Crippen molar-refractivity contribution in [3.05, 3.63) is 95.2 Å². The van der Waals surface area contributed by atoms with Crippen LogP contribution in [0.5, 0.6) is 0 Å². The minimum Gasteiger partial charge on any atom is -0.459 e. The minimum absolute atomic E-state index is 0.0882. The van der Waals surface area contributed by atoms with Gasteiger partial charge in [0.15, 0.2) is 5.76 Å². The molecule has 2 amide bonds. The van der Waals surface area contributed by atoms with Crippen molar-refractivity contribution >= 4 is 11.8 Å². The van der Waals surface area contributed by atoms with E-state index in [2.05, 4.69) is 23.1 Å². The van der Waals surface area contributed by atoms with Gasteiger partial charge >= 0.3 is 5.91 Å². The molecule has 0 saturated carbocycles. The van der Waals surface area contributed by atoms with Crippen LogP contribution in [0.1, 0.15) is 40.2 Å². The van der Waals surface area contributed by atoms with Crippen LogP contribution in [0.4, 0.5) is 4.39 Å². The largest absolute Gasteiger partial charge is 0.459 e. The molecule has 7 heteroatoms. The summed E-state index contributed by atoms with van der Waals surface area (Å²) in [4.78, 5) is 24.0. The average Bonchev–Trinajstić information content (AvgIpc) is 3.28. The van der Waals surface area contributed by atoms with Gasteiger partial charge in [0.25, 0.3) is 5.91 Å². The lowest BCUT2D eigenvalue weighted by molar-refractivity contribution is -0.121. The maximum absolute atomic E-state index is 13.7. The molecule has 2 aromatic carbocycles. The summed E-state index contributed by atoms with van der Waals surface area (Å²) < 4.78 is 18.7.